The van der Waals surface area contributed by atoms with E-state index in [1.807, 2.05) is 44.4 Å². The van der Waals surface area contributed by atoms with Gasteiger partial charge in [-0.1, -0.05) is 30.3 Å². The van der Waals surface area contributed by atoms with Gasteiger partial charge in [-0.05, 0) is 55.1 Å². The van der Waals surface area contributed by atoms with Crippen molar-refractivity contribution in [3.8, 4) is 5.75 Å². The van der Waals surface area contributed by atoms with Crippen molar-refractivity contribution in [3.05, 3.63) is 62.5 Å². The first kappa shape index (κ1) is 21.0. The lowest BCUT2D eigenvalue weighted by Gasteiger charge is -2.13. The van der Waals surface area contributed by atoms with Crippen LogP contribution in [0.3, 0.4) is 0 Å². The number of aromatic nitrogens is 3. The van der Waals surface area contributed by atoms with Crippen LogP contribution in [0.2, 0.25) is 0 Å². The van der Waals surface area contributed by atoms with Crippen LogP contribution >= 0.6 is 31.9 Å². The van der Waals surface area contributed by atoms with Crippen molar-refractivity contribution in [2.45, 2.75) is 6.54 Å². The topological polar surface area (TPSA) is 98.6 Å². The molecule has 1 heterocycles. The van der Waals surface area contributed by atoms with Crippen molar-refractivity contribution in [2.75, 3.05) is 29.7 Å². The van der Waals surface area contributed by atoms with Gasteiger partial charge in [-0.15, -0.1) is 0 Å². The Kier molecular flexibility index (Phi) is 6.99. The zero-order valence-electron chi connectivity index (χ0n) is 15.8. The van der Waals surface area contributed by atoms with Crippen molar-refractivity contribution in [3.63, 3.8) is 0 Å². The molecule has 0 aliphatic carbocycles. The highest BCUT2D eigenvalue weighted by atomic mass is 79.9. The molecule has 0 fully saturated rings. The third-order valence-corrected chi connectivity index (χ3v) is 4.94. The summed E-state index contributed by atoms with van der Waals surface area (Å²) < 4.78 is 1.13. The van der Waals surface area contributed by atoms with E-state index < -0.39 is 0 Å². The standard InChI is InChI=1S/C19H19Br2N7O/c1-28(2)19-25-17(22-10-12-6-4-3-5-7-12)24-18(26-19)27-23-11-13-8-14(20)16(29)15(21)9-13/h3-9,11,29H,10H2,1-2H3,(H2,22,24,25,26,27)/b23-11+. The molecule has 29 heavy (non-hydrogen) atoms. The Labute approximate surface area is 185 Å². The molecule has 1 aromatic heterocycles. The molecule has 2 aromatic carbocycles. The maximum absolute atomic E-state index is 9.79. The number of nitrogens with one attached hydrogen (secondary N) is 2. The van der Waals surface area contributed by atoms with Crippen molar-refractivity contribution in [1.29, 1.82) is 0 Å². The van der Waals surface area contributed by atoms with E-state index in [0.29, 0.717) is 33.3 Å². The van der Waals surface area contributed by atoms with Crippen LogP contribution < -0.4 is 15.6 Å². The number of anilines is 3. The summed E-state index contributed by atoms with van der Waals surface area (Å²) in [6, 6.07) is 13.5. The second-order valence-corrected chi connectivity index (χ2v) is 7.93. The third kappa shape index (κ3) is 5.88. The van der Waals surface area contributed by atoms with E-state index in [2.05, 4.69) is 62.7 Å². The fraction of sp³-hybridized carbons (Fsp3) is 0.158. The highest BCUT2D eigenvalue weighted by molar-refractivity contribution is 9.11. The fourth-order valence-corrected chi connectivity index (χ4v) is 3.52. The highest BCUT2D eigenvalue weighted by Gasteiger charge is 2.08. The Morgan fingerprint density at radius 3 is 2.34 bits per heavy atom. The molecule has 0 amide bonds. The zero-order valence-corrected chi connectivity index (χ0v) is 18.9. The molecule has 0 saturated carbocycles. The van der Waals surface area contributed by atoms with Gasteiger partial charge in [-0.25, -0.2) is 5.43 Å². The SMILES string of the molecule is CN(C)c1nc(NCc2ccccc2)nc(N/N=C/c2cc(Br)c(O)c(Br)c2)n1. The first-order valence-corrected chi connectivity index (χ1v) is 10.2. The van der Waals surface area contributed by atoms with Crippen LogP contribution in [0.15, 0.2) is 56.5 Å². The van der Waals surface area contributed by atoms with Gasteiger partial charge in [0.25, 0.3) is 0 Å². The van der Waals surface area contributed by atoms with Gasteiger partial charge < -0.3 is 15.3 Å². The Morgan fingerprint density at radius 2 is 1.69 bits per heavy atom. The number of halogens is 2. The van der Waals surface area contributed by atoms with Crippen LogP contribution in [-0.4, -0.2) is 40.4 Å². The maximum Gasteiger partial charge on any atom is 0.250 e. The average molecular weight is 521 g/mol. The van der Waals surface area contributed by atoms with E-state index in [1.54, 1.807) is 23.2 Å². The monoisotopic (exact) mass is 519 g/mol. The van der Waals surface area contributed by atoms with E-state index >= 15 is 0 Å². The molecule has 150 valence electrons. The van der Waals surface area contributed by atoms with Crippen LogP contribution in [0.5, 0.6) is 5.75 Å². The second-order valence-electron chi connectivity index (χ2n) is 6.22. The summed E-state index contributed by atoms with van der Waals surface area (Å²) in [6.45, 7) is 0.593. The van der Waals surface area contributed by atoms with Crippen LogP contribution in [-0.2, 0) is 6.54 Å². The average Bonchev–Trinajstić information content (AvgIpc) is 2.71. The minimum absolute atomic E-state index is 0.136. The molecule has 3 aromatic rings. The largest absolute Gasteiger partial charge is 0.506 e. The molecule has 0 radical (unpaired) electrons. The molecule has 0 aliphatic rings. The highest BCUT2D eigenvalue weighted by Crippen LogP contribution is 2.32. The van der Waals surface area contributed by atoms with E-state index in [-0.39, 0.29) is 5.75 Å². The summed E-state index contributed by atoms with van der Waals surface area (Å²) in [5.41, 5.74) is 4.72. The van der Waals surface area contributed by atoms with Crippen LogP contribution in [0, 0.1) is 0 Å². The van der Waals surface area contributed by atoms with Crippen LogP contribution in [0.1, 0.15) is 11.1 Å². The van der Waals surface area contributed by atoms with E-state index in [4.69, 9.17) is 0 Å². The van der Waals surface area contributed by atoms with Gasteiger partial charge in [-0.2, -0.15) is 20.1 Å². The van der Waals surface area contributed by atoms with Crippen molar-refractivity contribution >= 4 is 55.9 Å². The molecule has 3 rings (SSSR count). The molecule has 0 unspecified atom stereocenters. The van der Waals surface area contributed by atoms with E-state index in [0.717, 1.165) is 11.1 Å². The number of phenols is 1. The molecule has 0 aliphatic heterocycles. The molecule has 3 N–H and O–H groups in total. The third-order valence-electron chi connectivity index (χ3n) is 3.73. The van der Waals surface area contributed by atoms with Crippen molar-refractivity contribution in [1.82, 2.24) is 15.0 Å². The molecular formula is C19H19Br2N7O. The Hall–Kier alpha value is -2.72. The quantitative estimate of drug-likeness (QED) is 0.317. The molecular weight excluding hydrogens is 502 g/mol. The van der Waals surface area contributed by atoms with E-state index in [9.17, 15) is 5.11 Å². The number of phenolic OH excluding ortho intramolecular Hbond substituents is 1. The maximum atomic E-state index is 9.79. The Morgan fingerprint density at radius 1 is 1.03 bits per heavy atom. The summed E-state index contributed by atoms with van der Waals surface area (Å²) in [6.07, 6.45) is 1.60. The zero-order chi connectivity index (χ0) is 20.8. The van der Waals surface area contributed by atoms with Gasteiger partial charge in [0.2, 0.25) is 17.8 Å². The molecule has 0 bridgehead atoms. The first-order chi connectivity index (χ1) is 13.9. The minimum Gasteiger partial charge on any atom is -0.506 e. The van der Waals surface area contributed by atoms with Gasteiger partial charge in [0.05, 0.1) is 15.2 Å². The number of rotatable bonds is 7. The molecule has 0 spiro atoms. The lowest BCUT2D eigenvalue weighted by molar-refractivity contribution is 0.468. The Balaban J connectivity index is 1.75. The number of hydrogen-bond donors (Lipinski definition) is 3. The first-order valence-electron chi connectivity index (χ1n) is 8.60. The number of hydrazone groups is 1. The minimum atomic E-state index is 0.136. The number of aromatic hydroxyl groups is 1. The second kappa shape index (κ2) is 9.66. The predicted molar refractivity (Wildman–Crippen MR) is 123 cm³/mol. The van der Waals surface area contributed by atoms with Gasteiger partial charge in [0.1, 0.15) is 5.75 Å². The lowest BCUT2D eigenvalue weighted by Crippen LogP contribution is -2.16. The van der Waals surface area contributed by atoms with E-state index in [1.165, 1.54) is 0 Å². The summed E-state index contributed by atoms with van der Waals surface area (Å²) in [5, 5.41) is 17.2. The number of nitrogens with zero attached hydrogens (tertiary/aromatic N) is 5. The van der Waals surface area contributed by atoms with Gasteiger partial charge in [0.15, 0.2) is 0 Å². The molecule has 0 saturated heterocycles. The fourth-order valence-electron chi connectivity index (χ4n) is 2.29. The summed E-state index contributed by atoms with van der Waals surface area (Å²) >= 11 is 6.59. The van der Waals surface area contributed by atoms with Crippen molar-refractivity contribution in [2.24, 2.45) is 5.10 Å². The summed E-state index contributed by atoms with van der Waals surface area (Å²) in [4.78, 5) is 14.9. The number of benzene rings is 2. The normalized spacial score (nSPS) is 10.9. The smallest absolute Gasteiger partial charge is 0.250 e. The molecule has 8 nitrogen and oxygen atoms in total. The predicted octanol–water partition coefficient (Wildman–Crippen LogP) is 4.23. The summed E-state index contributed by atoms with van der Waals surface area (Å²) in [7, 11) is 3.71. The number of hydrogen-bond acceptors (Lipinski definition) is 8. The van der Waals surface area contributed by atoms with Gasteiger partial charge >= 0.3 is 0 Å². The molecule has 10 heteroatoms. The van der Waals surface area contributed by atoms with Crippen LogP contribution in [0.4, 0.5) is 17.8 Å². The molecule has 0 atom stereocenters. The van der Waals surface area contributed by atoms with Crippen molar-refractivity contribution < 1.29 is 5.11 Å². The summed E-state index contributed by atoms with van der Waals surface area (Å²) in [5.74, 6) is 1.40. The Bertz CT molecular complexity index is 990. The van der Waals surface area contributed by atoms with Crippen LogP contribution in [0.25, 0.3) is 0 Å². The van der Waals surface area contributed by atoms with Gasteiger partial charge in [0, 0.05) is 20.6 Å². The van der Waals surface area contributed by atoms with Gasteiger partial charge in [-0.3, -0.25) is 0 Å². The lowest BCUT2D eigenvalue weighted by atomic mass is 10.2.